The Kier molecular flexibility index (Phi) is 7.56. The quantitative estimate of drug-likeness (QED) is 0.408. The molecule has 0 bridgehead atoms. The van der Waals surface area contributed by atoms with E-state index in [0.717, 1.165) is 48.9 Å². The number of fused-ring (bicyclic) bond motifs is 5. The summed E-state index contributed by atoms with van der Waals surface area (Å²) in [5.74, 6) is 0.630. The van der Waals surface area contributed by atoms with Gasteiger partial charge in [-0.3, -0.25) is 14.0 Å². The Balaban J connectivity index is 0.000000286. The second-order valence-corrected chi connectivity index (χ2v) is 10.5. The van der Waals surface area contributed by atoms with Crippen molar-refractivity contribution in [1.82, 2.24) is 29.9 Å². The van der Waals surface area contributed by atoms with Gasteiger partial charge >= 0.3 is 0 Å². The molecule has 2 N–H and O–H groups in total. The fourth-order valence-corrected chi connectivity index (χ4v) is 6.07. The van der Waals surface area contributed by atoms with E-state index in [9.17, 15) is 9.59 Å². The van der Waals surface area contributed by atoms with Crippen LogP contribution < -0.4 is 21.0 Å². The molecule has 0 atom stereocenters. The minimum atomic E-state index is -0.307. The van der Waals surface area contributed by atoms with Gasteiger partial charge in [0.2, 0.25) is 11.4 Å². The van der Waals surface area contributed by atoms with Crippen LogP contribution in [-0.2, 0) is 0 Å². The highest BCUT2D eigenvalue weighted by Crippen LogP contribution is 2.30. The number of thiazole rings is 1. The monoisotopic (exact) mass is 507 g/mol. The van der Waals surface area contributed by atoms with Crippen molar-refractivity contribution >= 4 is 49.7 Å². The first-order valence-corrected chi connectivity index (χ1v) is 13.4. The normalized spacial score (nSPS) is 17.8. The van der Waals surface area contributed by atoms with Crippen molar-refractivity contribution in [2.45, 2.75) is 25.3 Å². The van der Waals surface area contributed by atoms with Gasteiger partial charge in [0.15, 0.2) is 11.9 Å². The summed E-state index contributed by atoms with van der Waals surface area (Å²) >= 11 is 1.44. The van der Waals surface area contributed by atoms with Gasteiger partial charge in [-0.2, -0.15) is 4.98 Å². The number of likely N-dealkylation sites (N-methyl/N-ethyl adjacent to an activating group) is 1. The van der Waals surface area contributed by atoms with E-state index < -0.39 is 0 Å². The van der Waals surface area contributed by atoms with Gasteiger partial charge in [0.05, 0.1) is 21.2 Å². The maximum Gasteiger partial charge on any atom is 0.227 e. The number of anilines is 1. The standard InChI is InChI=1S/C20H19N5O2S.C6H14N2/c1-23-7-4-8-24(10-9-23)20-21-11-13-17(27)14(12-26)19-25(18(13)22-20)15-5-2-3-6-16(15)28-19;1-7-6-2-4-8-5-3-6/h2-3,5-6,11-12H,4,7-10H2,1H3;6-8H,2-5H2,1H3. The maximum atomic E-state index is 12.9. The topological polar surface area (TPSA) is 94.9 Å². The van der Waals surface area contributed by atoms with Crippen molar-refractivity contribution in [2.24, 2.45) is 0 Å². The van der Waals surface area contributed by atoms with Gasteiger partial charge in [0.1, 0.15) is 4.83 Å². The molecule has 1 aromatic carbocycles. The van der Waals surface area contributed by atoms with Crippen molar-refractivity contribution in [3.8, 4) is 0 Å². The molecule has 0 spiro atoms. The zero-order valence-corrected chi connectivity index (χ0v) is 21.7. The third-order valence-corrected chi connectivity index (χ3v) is 8.23. The summed E-state index contributed by atoms with van der Waals surface area (Å²) in [5, 5.41) is 6.95. The number of hydrogen-bond acceptors (Lipinski definition) is 9. The number of aldehydes is 1. The number of nitrogens with zero attached hydrogens (tertiary/aromatic N) is 5. The predicted octanol–water partition coefficient (Wildman–Crippen LogP) is 2.37. The molecule has 0 saturated carbocycles. The van der Waals surface area contributed by atoms with Gasteiger partial charge in [-0.15, -0.1) is 11.3 Å². The molecular formula is C26H33N7O2S. The van der Waals surface area contributed by atoms with E-state index in [1.807, 2.05) is 35.7 Å². The lowest BCUT2D eigenvalue weighted by atomic mass is 10.1. The van der Waals surface area contributed by atoms with E-state index in [-0.39, 0.29) is 11.0 Å². The lowest BCUT2D eigenvalue weighted by Gasteiger charge is -2.21. The van der Waals surface area contributed by atoms with Crippen LogP contribution in [0.3, 0.4) is 0 Å². The van der Waals surface area contributed by atoms with Crippen molar-refractivity contribution in [2.75, 3.05) is 58.3 Å². The Bertz CT molecular complexity index is 1430. The van der Waals surface area contributed by atoms with Crippen LogP contribution in [0.4, 0.5) is 5.95 Å². The fourth-order valence-electron chi connectivity index (χ4n) is 4.92. The molecule has 0 aliphatic carbocycles. The minimum Gasteiger partial charge on any atom is -0.339 e. The van der Waals surface area contributed by atoms with Crippen molar-refractivity contribution in [3.05, 3.63) is 46.2 Å². The molecule has 190 valence electrons. The van der Waals surface area contributed by atoms with Crippen molar-refractivity contribution in [1.29, 1.82) is 0 Å². The number of rotatable bonds is 3. The summed E-state index contributed by atoms with van der Waals surface area (Å²) in [5.41, 5.74) is 1.36. The van der Waals surface area contributed by atoms with E-state index in [2.05, 4.69) is 32.5 Å². The van der Waals surface area contributed by atoms with E-state index in [0.29, 0.717) is 28.1 Å². The third kappa shape index (κ3) is 4.86. The summed E-state index contributed by atoms with van der Waals surface area (Å²) in [7, 11) is 4.16. The molecule has 5 heterocycles. The van der Waals surface area contributed by atoms with Gasteiger partial charge in [0.25, 0.3) is 0 Å². The van der Waals surface area contributed by atoms with E-state index >= 15 is 0 Å². The van der Waals surface area contributed by atoms with Gasteiger partial charge in [-0.25, -0.2) is 4.98 Å². The number of pyridine rings is 1. The van der Waals surface area contributed by atoms with Crippen LogP contribution in [0.5, 0.6) is 0 Å². The first-order valence-electron chi connectivity index (χ1n) is 12.6. The predicted molar refractivity (Wildman–Crippen MR) is 147 cm³/mol. The maximum absolute atomic E-state index is 12.9. The fraction of sp³-hybridized carbons (Fsp3) is 0.462. The SMILES string of the molecule is CN1CCCN(c2ncc3c(=O)c(C=O)c4sc5ccccc5n4c3n2)CC1.CNC1CCNCC1. The molecule has 36 heavy (non-hydrogen) atoms. The number of carbonyl (C=O) groups is 1. The third-order valence-electron chi connectivity index (χ3n) is 7.07. The molecule has 9 nitrogen and oxygen atoms in total. The zero-order chi connectivity index (χ0) is 25.1. The summed E-state index contributed by atoms with van der Waals surface area (Å²) in [6.45, 7) is 6.09. The molecule has 2 saturated heterocycles. The van der Waals surface area contributed by atoms with Crippen LogP contribution >= 0.6 is 11.3 Å². The molecule has 0 radical (unpaired) electrons. The summed E-state index contributed by atoms with van der Waals surface area (Å²) in [4.78, 5) is 39.0. The van der Waals surface area contributed by atoms with E-state index in [4.69, 9.17) is 4.98 Å². The Morgan fingerprint density at radius 2 is 1.94 bits per heavy atom. The number of aromatic nitrogens is 3. The molecule has 0 amide bonds. The van der Waals surface area contributed by atoms with E-state index in [1.54, 1.807) is 6.20 Å². The lowest BCUT2D eigenvalue weighted by molar-refractivity contribution is 0.112. The van der Waals surface area contributed by atoms with Crippen LogP contribution in [0.15, 0.2) is 35.3 Å². The Morgan fingerprint density at radius 1 is 1.14 bits per heavy atom. The Morgan fingerprint density at radius 3 is 2.69 bits per heavy atom. The molecule has 2 aliphatic rings. The van der Waals surface area contributed by atoms with Crippen LogP contribution in [0.2, 0.25) is 0 Å². The smallest absolute Gasteiger partial charge is 0.227 e. The molecule has 2 fully saturated rings. The molecule has 10 heteroatoms. The average molecular weight is 508 g/mol. The number of carbonyl (C=O) groups excluding carboxylic acids is 1. The van der Waals surface area contributed by atoms with Crippen LogP contribution in [0, 0.1) is 0 Å². The van der Waals surface area contributed by atoms with Crippen molar-refractivity contribution in [3.63, 3.8) is 0 Å². The summed E-state index contributed by atoms with van der Waals surface area (Å²) in [6.07, 6.45) is 5.83. The first-order chi connectivity index (χ1) is 17.6. The minimum absolute atomic E-state index is 0.168. The number of piperidine rings is 1. The number of hydrogen-bond donors (Lipinski definition) is 2. The molecule has 4 aromatic rings. The highest BCUT2D eigenvalue weighted by molar-refractivity contribution is 7.24. The highest BCUT2D eigenvalue weighted by atomic mass is 32.1. The summed E-state index contributed by atoms with van der Waals surface area (Å²) in [6, 6.07) is 8.65. The Hall–Kier alpha value is -2.92. The lowest BCUT2D eigenvalue weighted by Crippen LogP contribution is -2.37. The average Bonchev–Trinajstić information content (AvgIpc) is 3.17. The number of nitrogens with one attached hydrogen (secondary N) is 2. The van der Waals surface area contributed by atoms with Crippen molar-refractivity contribution < 1.29 is 4.79 Å². The van der Waals surface area contributed by atoms with Gasteiger partial charge in [-0.1, -0.05) is 12.1 Å². The molecule has 0 unspecified atom stereocenters. The molecular weight excluding hydrogens is 474 g/mol. The number of benzene rings is 1. The van der Waals surface area contributed by atoms with Crippen LogP contribution in [0.25, 0.3) is 26.1 Å². The number of para-hydroxylation sites is 1. The van der Waals surface area contributed by atoms with Gasteiger partial charge < -0.3 is 20.4 Å². The highest BCUT2D eigenvalue weighted by Gasteiger charge is 2.20. The second kappa shape index (κ2) is 11.0. The molecule has 2 aliphatic heterocycles. The summed E-state index contributed by atoms with van der Waals surface area (Å²) < 4.78 is 2.93. The first kappa shape index (κ1) is 24.8. The van der Waals surface area contributed by atoms with Crippen LogP contribution in [-0.4, -0.2) is 85.0 Å². The zero-order valence-electron chi connectivity index (χ0n) is 20.9. The molecule has 6 rings (SSSR count). The largest absolute Gasteiger partial charge is 0.339 e. The Labute approximate surface area is 214 Å². The van der Waals surface area contributed by atoms with Gasteiger partial charge in [0, 0.05) is 31.9 Å². The van der Waals surface area contributed by atoms with E-state index in [1.165, 1.54) is 37.3 Å². The van der Waals surface area contributed by atoms with Gasteiger partial charge in [-0.05, 0) is 65.1 Å². The second-order valence-electron chi connectivity index (χ2n) is 9.44. The molecule has 3 aromatic heterocycles. The van der Waals surface area contributed by atoms with Crippen LogP contribution in [0.1, 0.15) is 29.6 Å².